The summed E-state index contributed by atoms with van der Waals surface area (Å²) in [6.07, 6.45) is -6.80. The van der Waals surface area contributed by atoms with Crippen molar-refractivity contribution in [2.45, 2.75) is 35.2 Å². The highest BCUT2D eigenvalue weighted by atomic mass is 32.2. The van der Waals surface area contributed by atoms with Crippen LogP contribution >= 0.6 is 0 Å². The zero-order valence-electron chi connectivity index (χ0n) is 17.1. The van der Waals surface area contributed by atoms with Crippen LogP contribution in [0.15, 0.2) is 28.0 Å². The maximum atomic E-state index is 12.8. The van der Waals surface area contributed by atoms with E-state index in [2.05, 4.69) is 10.0 Å². The summed E-state index contributed by atoms with van der Waals surface area (Å²) in [7, 11) is -7.23. The summed E-state index contributed by atoms with van der Waals surface area (Å²) < 4.78 is 114. The van der Waals surface area contributed by atoms with Gasteiger partial charge in [0.05, 0.1) is 23.0 Å². The Morgan fingerprint density at radius 1 is 1.19 bits per heavy atom. The number of nitrogens with zero attached hydrogens (tertiary/aromatic N) is 1. The molecule has 0 saturated heterocycles. The van der Waals surface area contributed by atoms with Crippen LogP contribution in [-0.4, -0.2) is 67.6 Å². The molecule has 2 rings (SSSR count). The van der Waals surface area contributed by atoms with E-state index < -0.39 is 67.4 Å². The summed E-state index contributed by atoms with van der Waals surface area (Å²) in [4.78, 5) is 0.282. The van der Waals surface area contributed by atoms with Gasteiger partial charge in [0.25, 0.3) is 6.43 Å². The summed E-state index contributed by atoms with van der Waals surface area (Å²) in [5.74, 6) is -2.48. The number of hydrogen-bond acceptors (Lipinski definition) is 6. The van der Waals surface area contributed by atoms with E-state index in [1.54, 1.807) is 0 Å². The highest BCUT2D eigenvalue weighted by Gasteiger charge is 2.49. The average Bonchev–Trinajstić information content (AvgIpc) is 2.57. The van der Waals surface area contributed by atoms with E-state index in [-0.39, 0.29) is 31.6 Å². The van der Waals surface area contributed by atoms with Crippen LogP contribution in [0.3, 0.4) is 0 Å². The zero-order chi connectivity index (χ0) is 24.3. The van der Waals surface area contributed by atoms with Crippen LogP contribution in [0.4, 0.5) is 27.6 Å². The second-order valence-corrected chi connectivity index (χ2v) is 10.9. The Kier molecular flexibility index (Phi) is 8.47. The summed E-state index contributed by atoms with van der Waals surface area (Å²) in [6, 6.07) is 3.01. The van der Waals surface area contributed by atoms with Gasteiger partial charge in [-0.1, -0.05) is 0 Å². The van der Waals surface area contributed by atoms with Gasteiger partial charge in [-0.2, -0.15) is 13.2 Å². The van der Waals surface area contributed by atoms with E-state index >= 15 is 0 Å². The second kappa shape index (κ2) is 10.2. The van der Waals surface area contributed by atoms with Gasteiger partial charge in [-0.3, -0.25) is 4.90 Å². The number of likely N-dealkylation sites (N-methyl/N-ethyl adjacent to an activating group) is 1. The number of hydrogen-bond donors (Lipinski definition) is 3. The fourth-order valence-corrected chi connectivity index (χ4v) is 5.24. The lowest BCUT2D eigenvalue weighted by atomic mass is 9.73. The van der Waals surface area contributed by atoms with Crippen molar-refractivity contribution in [2.75, 3.05) is 38.5 Å². The molecule has 1 saturated carbocycles. The van der Waals surface area contributed by atoms with E-state index in [4.69, 9.17) is 5.14 Å². The number of sulfonamides is 2. The fraction of sp³-hybridized carbons (Fsp3) is 0.647. The van der Waals surface area contributed by atoms with Gasteiger partial charge >= 0.3 is 6.18 Å². The minimum Gasteiger partial charge on any atom is -0.383 e. The number of nitrogens with one attached hydrogen (secondary N) is 2. The molecule has 0 bridgehead atoms. The Morgan fingerprint density at radius 2 is 1.84 bits per heavy atom. The lowest BCUT2D eigenvalue weighted by Crippen LogP contribution is -2.44. The van der Waals surface area contributed by atoms with Crippen molar-refractivity contribution in [3.63, 3.8) is 0 Å². The molecule has 0 radical (unpaired) electrons. The van der Waals surface area contributed by atoms with E-state index in [0.717, 1.165) is 18.2 Å². The molecule has 184 valence electrons. The molecular weight excluding hydrogens is 483 g/mol. The Morgan fingerprint density at radius 3 is 2.34 bits per heavy atom. The van der Waals surface area contributed by atoms with Gasteiger partial charge in [0.15, 0.2) is 0 Å². The number of alkyl halides is 5. The monoisotopic (exact) mass is 508 g/mol. The maximum absolute atomic E-state index is 12.8. The number of rotatable bonds is 11. The Balaban J connectivity index is 2.12. The molecule has 15 heteroatoms. The summed E-state index contributed by atoms with van der Waals surface area (Å²) in [5, 5.41) is 7.88. The third-order valence-corrected chi connectivity index (χ3v) is 7.57. The van der Waals surface area contributed by atoms with Crippen molar-refractivity contribution >= 4 is 25.7 Å². The number of benzene rings is 1. The van der Waals surface area contributed by atoms with Crippen LogP contribution in [-0.2, 0) is 20.0 Å². The van der Waals surface area contributed by atoms with Gasteiger partial charge in [0, 0.05) is 19.6 Å². The van der Waals surface area contributed by atoms with Crippen molar-refractivity contribution in [3.05, 3.63) is 18.2 Å². The Labute approximate surface area is 183 Å². The predicted octanol–water partition coefficient (Wildman–Crippen LogP) is 1.81. The first-order valence-corrected chi connectivity index (χ1v) is 12.6. The Bertz CT molecular complexity index is 1000. The summed E-state index contributed by atoms with van der Waals surface area (Å²) in [5.41, 5.74) is -0.0342. The van der Waals surface area contributed by atoms with Gasteiger partial charge in [0.1, 0.15) is 4.90 Å². The molecular formula is C17H25F5N4O4S2. The maximum Gasteiger partial charge on any atom is 0.392 e. The van der Waals surface area contributed by atoms with E-state index in [9.17, 15) is 38.8 Å². The van der Waals surface area contributed by atoms with E-state index in [0.29, 0.717) is 0 Å². The molecule has 0 aliphatic heterocycles. The van der Waals surface area contributed by atoms with Crippen LogP contribution in [0.5, 0.6) is 0 Å². The quantitative estimate of drug-likeness (QED) is 0.392. The summed E-state index contributed by atoms with van der Waals surface area (Å²) in [6.45, 7) is -0.717. The zero-order valence-corrected chi connectivity index (χ0v) is 18.7. The molecule has 32 heavy (non-hydrogen) atoms. The second-order valence-electron chi connectivity index (χ2n) is 7.62. The van der Waals surface area contributed by atoms with Gasteiger partial charge < -0.3 is 5.32 Å². The molecule has 1 aliphatic rings. The Hall–Kier alpha value is -1.55. The van der Waals surface area contributed by atoms with Crippen molar-refractivity contribution < 1.29 is 38.8 Å². The molecule has 0 heterocycles. The van der Waals surface area contributed by atoms with Crippen LogP contribution < -0.4 is 15.2 Å². The first kappa shape index (κ1) is 26.7. The fourth-order valence-electron chi connectivity index (χ4n) is 3.30. The largest absolute Gasteiger partial charge is 0.392 e. The lowest BCUT2D eigenvalue weighted by Gasteiger charge is -2.37. The number of halogens is 5. The molecule has 8 nitrogen and oxygen atoms in total. The smallest absolute Gasteiger partial charge is 0.383 e. The van der Waals surface area contributed by atoms with Crippen LogP contribution in [0.2, 0.25) is 0 Å². The number of primary sulfonamides is 1. The molecule has 1 aromatic rings. The highest BCUT2D eigenvalue weighted by molar-refractivity contribution is 7.90. The van der Waals surface area contributed by atoms with Crippen LogP contribution in [0, 0.1) is 11.8 Å². The van der Waals surface area contributed by atoms with Crippen molar-refractivity contribution in [1.82, 2.24) is 9.62 Å². The van der Waals surface area contributed by atoms with Gasteiger partial charge in [-0.15, -0.1) is 0 Å². The van der Waals surface area contributed by atoms with E-state index in [1.807, 2.05) is 0 Å². The molecule has 1 aromatic carbocycles. The van der Waals surface area contributed by atoms with Crippen LogP contribution in [0.25, 0.3) is 0 Å². The molecule has 0 unspecified atom stereocenters. The highest BCUT2D eigenvalue weighted by Crippen LogP contribution is 2.45. The predicted molar refractivity (Wildman–Crippen MR) is 107 cm³/mol. The molecule has 0 aromatic heterocycles. The van der Waals surface area contributed by atoms with E-state index in [1.165, 1.54) is 11.9 Å². The topological polar surface area (TPSA) is 122 Å². The number of nitrogens with two attached hydrogens (primary N) is 1. The number of anilines is 1. The van der Waals surface area contributed by atoms with Gasteiger partial charge in [-0.25, -0.2) is 35.5 Å². The average molecular weight is 509 g/mol. The third-order valence-electron chi connectivity index (χ3n) is 5.20. The standard InChI is InChI=1S/C17H25F5N4O4S2/c1-26(10-16(18)19)7-6-24-14-5-3-12(8-15(14)31(23,27)28)32(29,30)25-9-11-2-4-13(11)17(20,21)22/h3,5,8,11,13,16,24-25H,2,4,6-7,9-10H2,1H3,(H2,23,27,28)/t11-,13+/m0/s1. The molecule has 1 aliphatic carbocycles. The molecule has 4 N–H and O–H groups in total. The molecule has 1 fully saturated rings. The van der Waals surface area contributed by atoms with Crippen LogP contribution in [0.1, 0.15) is 12.8 Å². The third kappa shape index (κ3) is 7.23. The van der Waals surface area contributed by atoms with Crippen molar-refractivity contribution in [3.8, 4) is 0 Å². The SMILES string of the molecule is CN(CCNc1ccc(S(=O)(=O)NC[C@@H]2CC[C@H]2C(F)(F)F)cc1S(N)(=O)=O)CC(F)F. The van der Waals surface area contributed by atoms with Crippen molar-refractivity contribution in [2.24, 2.45) is 17.0 Å². The first-order chi connectivity index (χ1) is 14.6. The molecule has 2 atom stereocenters. The minimum absolute atomic E-state index is 0.0342. The van der Waals surface area contributed by atoms with Gasteiger partial charge in [0.2, 0.25) is 20.0 Å². The van der Waals surface area contributed by atoms with Gasteiger partial charge in [-0.05, 0) is 44.0 Å². The first-order valence-electron chi connectivity index (χ1n) is 9.55. The summed E-state index contributed by atoms with van der Waals surface area (Å²) >= 11 is 0. The minimum atomic E-state index is -4.41. The normalized spacial score (nSPS) is 19.9. The lowest BCUT2D eigenvalue weighted by molar-refractivity contribution is -0.211. The van der Waals surface area contributed by atoms with Crippen molar-refractivity contribution in [1.29, 1.82) is 0 Å². The molecule has 0 spiro atoms. The molecule has 0 amide bonds.